The molecule has 0 amide bonds. The van der Waals surface area contributed by atoms with Gasteiger partial charge >= 0.3 is 0 Å². The van der Waals surface area contributed by atoms with Gasteiger partial charge < -0.3 is 0 Å². The molecule has 0 bridgehead atoms. The maximum Gasteiger partial charge on any atom is 0.182 e. The lowest BCUT2D eigenvalue weighted by atomic mass is 10.1. The summed E-state index contributed by atoms with van der Waals surface area (Å²) in [5.41, 5.74) is 0.109. The highest BCUT2D eigenvalue weighted by atomic mass is 35.5. The summed E-state index contributed by atoms with van der Waals surface area (Å²) in [6.45, 7) is 0. The summed E-state index contributed by atoms with van der Waals surface area (Å²) in [6, 6.07) is 16.4. The van der Waals surface area contributed by atoms with E-state index in [4.69, 9.17) is 11.6 Å². The molecule has 0 aliphatic heterocycles. The number of halogens is 2. The van der Waals surface area contributed by atoms with Crippen LogP contribution in [0.25, 0.3) is 10.8 Å². The highest BCUT2D eigenvalue weighted by Crippen LogP contribution is 2.24. The van der Waals surface area contributed by atoms with Gasteiger partial charge in [-0.05, 0) is 35.0 Å². The molecule has 3 aromatic carbocycles. The summed E-state index contributed by atoms with van der Waals surface area (Å²) >= 11 is 5.68. The highest BCUT2D eigenvalue weighted by Gasteiger charge is 2.18. The number of hydrogen-bond donors (Lipinski definition) is 0. The average molecular weight is 335 g/mol. The van der Waals surface area contributed by atoms with Crippen molar-refractivity contribution in [1.82, 2.24) is 0 Å². The first-order valence-electron chi connectivity index (χ1n) is 6.61. The first-order valence-corrected chi connectivity index (χ1v) is 8.64. The van der Waals surface area contributed by atoms with Gasteiger partial charge in [-0.25, -0.2) is 12.8 Å². The minimum Gasteiger partial charge on any atom is -0.223 e. The molecule has 0 spiro atoms. The van der Waals surface area contributed by atoms with Crippen LogP contribution in [-0.4, -0.2) is 8.42 Å². The molecule has 0 N–H and O–H groups in total. The molecule has 0 aliphatic carbocycles. The predicted octanol–water partition coefficient (Wildman–Crippen LogP) is 4.61. The van der Waals surface area contributed by atoms with Crippen LogP contribution in [0.1, 0.15) is 5.56 Å². The molecule has 0 aromatic heterocycles. The topological polar surface area (TPSA) is 34.1 Å². The van der Waals surface area contributed by atoms with Gasteiger partial charge in [-0.1, -0.05) is 48.0 Å². The van der Waals surface area contributed by atoms with Crippen molar-refractivity contribution in [3.8, 4) is 0 Å². The van der Waals surface area contributed by atoms with Gasteiger partial charge in [0.2, 0.25) is 0 Å². The van der Waals surface area contributed by atoms with Gasteiger partial charge in [0, 0.05) is 10.6 Å². The van der Waals surface area contributed by atoms with Crippen molar-refractivity contribution in [3.05, 3.63) is 77.1 Å². The quantitative estimate of drug-likeness (QED) is 0.701. The monoisotopic (exact) mass is 334 g/mol. The van der Waals surface area contributed by atoms with Gasteiger partial charge in [0.25, 0.3) is 0 Å². The predicted molar refractivity (Wildman–Crippen MR) is 86.2 cm³/mol. The third kappa shape index (κ3) is 2.98. The third-order valence-electron chi connectivity index (χ3n) is 3.44. The van der Waals surface area contributed by atoms with E-state index in [2.05, 4.69) is 0 Å². The average Bonchev–Trinajstić information content (AvgIpc) is 2.49. The van der Waals surface area contributed by atoms with Crippen molar-refractivity contribution >= 4 is 32.2 Å². The minimum atomic E-state index is -3.62. The lowest BCUT2D eigenvalue weighted by Gasteiger charge is -2.07. The molecule has 0 unspecified atom stereocenters. The summed E-state index contributed by atoms with van der Waals surface area (Å²) < 4.78 is 38.8. The molecule has 112 valence electrons. The lowest BCUT2D eigenvalue weighted by Crippen LogP contribution is -2.06. The van der Waals surface area contributed by atoms with Crippen molar-refractivity contribution < 1.29 is 12.8 Å². The van der Waals surface area contributed by atoms with Crippen LogP contribution in [0.2, 0.25) is 5.02 Å². The van der Waals surface area contributed by atoms with Gasteiger partial charge in [0.15, 0.2) is 9.84 Å². The van der Waals surface area contributed by atoms with Crippen LogP contribution < -0.4 is 0 Å². The maximum absolute atomic E-state index is 13.8. The van der Waals surface area contributed by atoms with E-state index < -0.39 is 21.4 Å². The Morgan fingerprint density at radius 1 is 0.909 bits per heavy atom. The summed E-state index contributed by atoms with van der Waals surface area (Å²) in [6.07, 6.45) is 0. The minimum absolute atomic E-state index is 0.109. The summed E-state index contributed by atoms with van der Waals surface area (Å²) in [4.78, 5) is 0.181. The van der Waals surface area contributed by atoms with Crippen LogP contribution in [0.4, 0.5) is 4.39 Å². The molecule has 0 heterocycles. The molecule has 0 saturated carbocycles. The second kappa shape index (κ2) is 5.71. The van der Waals surface area contributed by atoms with Crippen molar-refractivity contribution in [2.45, 2.75) is 10.6 Å². The van der Waals surface area contributed by atoms with Crippen LogP contribution >= 0.6 is 11.6 Å². The van der Waals surface area contributed by atoms with E-state index >= 15 is 0 Å². The van der Waals surface area contributed by atoms with Crippen LogP contribution in [0.5, 0.6) is 0 Å². The molecule has 0 radical (unpaired) electrons. The smallest absolute Gasteiger partial charge is 0.182 e. The standard InChI is InChI=1S/C17H12ClFO2S/c18-15-7-5-14(17(19)10-15)11-22(20,21)16-8-6-12-3-1-2-4-13(12)9-16/h1-10H,11H2. The molecule has 0 atom stereocenters. The Labute approximate surface area is 133 Å². The van der Waals surface area contributed by atoms with Crippen molar-refractivity contribution in [1.29, 1.82) is 0 Å². The Kier molecular flexibility index (Phi) is 3.89. The Hall–Kier alpha value is -1.91. The maximum atomic E-state index is 13.8. The van der Waals surface area contributed by atoms with Gasteiger partial charge in [-0.3, -0.25) is 0 Å². The SMILES string of the molecule is O=S(=O)(Cc1ccc(Cl)cc1F)c1ccc2ccccc2c1. The largest absolute Gasteiger partial charge is 0.223 e. The van der Waals surface area contributed by atoms with Gasteiger partial charge in [-0.2, -0.15) is 0 Å². The number of fused-ring (bicyclic) bond motifs is 1. The van der Waals surface area contributed by atoms with Gasteiger partial charge in [0.05, 0.1) is 10.6 Å². The molecule has 0 fully saturated rings. The van der Waals surface area contributed by atoms with Crippen molar-refractivity contribution in [2.24, 2.45) is 0 Å². The molecule has 0 saturated heterocycles. The Morgan fingerprint density at radius 3 is 2.36 bits per heavy atom. The fourth-order valence-corrected chi connectivity index (χ4v) is 3.84. The van der Waals surface area contributed by atoms with E-state index in [0.717, 1.165) is 16.8 Å². The Bertz CT molecular complexity index is 952. The zero-order valence-corrected chi connectivity index (χ0v) is 13.0. The van der Waals surface area contributed by atoms with Crippen LogP contribution in [0, 0.1) is 5.82 Å². The summed E-state index contributed by atoms with van der Waals surface area (Å²) in [5.74, 6) is -1.01. The molecular formula is C17H12ClFO2S. The molecular weight excluding hydrogens is 323 g/mol. The summed E-state index contributed by atoms with van der Waals surface area (Å²) in [5, 5.41) is 2.03. The molecule has 5 heteroatoms. The normalized spacial score (nSPS) is 11.7. The lowest BCUT2D eigenvalue weighted by molar-refractivity contribution is 0.587. The number of sulfone groups is 1. The molecule has 3 aromatic rings. The van der Waals surface area contributed by atoms with Crippen molar-refractivity contribution in [2.75, 3.05) is 0 Å². The first-order chi connectivity index (χ1) is 10.5. The Balaban J connectivity index is 2.00. The highest BCUT2D eigenvalue weighted by molar-refractivity contribution is 7.90. The zero-order chi connectivity index (χ0) is 15.7. The number of rotatable bonds is 3. The summed E-state index contributed by atoms with van der Waals surface area (Å²) in [7, 11) is -3.62. The third-order valence-corrected chi connectivity index (χ3v) is 5.34. The van der Waals surface area contributed by atoms with E-state index in [0.29, 0.717) is 0 Å². The number of benzene rings is 3. The van der Waals surface area contributed by atoms with Crippen LogP contribution in [-0.2, 0) is 15.6 Å². The molecule has 3 rings (SSSR count). The van der Waals surface area contributed by atoms with E-state index in [-0.39, 0.29) is 15.5 Å². The molecule has 0 aliphatic rings. The van der Waals surface area contributed by atoms with Crippen LogP contribution in [0.3, 0.4) is 0 Å². The van der Waals surface area contributed by atoms with E-state index in [1.54, 1.807) is 18.2 Å². The molecule has 2 nitrogen and oxygen atoms in total. The van der Waals surface area contributed by atoms with Gasteiger partial charge in [0.1, 0.15) is 5.82 Å². The second-order valence-corrected chi connectivity index (χ2v) is 7.43. The van der Waals surface area contributed by atoms with Crippen molar-refractivity contribution in [3.63, 3.8) is 0 Å². The van der Waals surface area contributed by atoms with Crippen LogP contribution in [0.15, 0.2) is 65.6 Å². The fraction of sp³-hybridized carbons (Fsp3) is 0.0588. The number of hydrogen-bond acceptors (Lipinski definition) is 2. The molecule has 22 heavy (non-hydrogen) atoms. The first kappa shape index (κ1) is 15.0. The van der Waals surface area contributed by atoms with E-state index in [1.807, 2.05) is 24.3 Å². The fourth-order valence-electron chi connectivity index (χ4n) is 2.29. The van der Waals surface area contributed by atoms with E-state index in [1.165, 1.54) is 12.1 Å². The zero-order valence-electron chi connectivity index (χ0n) is 11.5. The second-order valence-electron chi connectivity index (χ2n) is 5.00. The van der Waals surface area contributed by atoms with E-state index in [9.17, 15) is 12.8 Å². The van der Waals surface area contributed by atoms with Gasteiger partial charge in [-0.15, -0.1) is 0 Å². The Morgan fingerprint density at radius 2 is 1.64 bits per heavy atom.